The number of sulfonamides is 1. The number of aryl methyl sites for hydroxylation is 1. The molecular weight excluding hydrogens is 378 g/mol. The van der Waals surface area contributed by atoms with E-state index in [4.69, 9.17) is 4.74 Å². The van der Waals surface area contributed by atoms with E-state index < -0.39 is 27.6 Å². The van der Waals surface area contributed by atoms with Gasteiger partial charge in [-0.25, -0.2) is 21.5 Å². The van der Waals surface area contributed by atoms with Crippen LogP contribution in [0.5, 0.6) is 5.75 Å². The quantitative estimate of drug-likeness (QED) is 0.778. The van der Waals surface area contributed by atoms with Crippen molar-refractivity contribution >= 4 is 21.6 Å². The van der Waals surface area contributed by atoms with Gasteiger partial charge in [-0.2, -0.15) is 0 Å². The number of carbonyl (C=O) groups is 1. The molecule has 0 atom stereocenters. The summed E-state index contributed by atoms with van der Waals surface area (Å²) >= 11 is 0. The predicted octanol–water partition coefficient (Wildman–Crippen LogP) is 2.80. The zero-order valence-corrected chi connectivity index (χ0v) is 15.9. The molecule has 0 aliphatic rings. The zero-order chi connectivity index (χ0) is 20.2. The van der Waals surface area contributed by atoms with Crippen molar-refractivity contribution in [3.05, 3.63) is 53.6 Å². The van der Waals surface area contributed by atoms with Crippen LogP contribution in [-0.4, -0.2) is 39.8 Å². The van der Waals surface area contributed by atoms with Gasteiger partial charge in [0.15, 0.2) is 0 Å². The number of nitrogens with one attached hydrogen (secondary N) is 1. The number of nitrogens with zero attached hydrogens (tertiary/aromatic N) is 1. The van der Waals surface area contributed by atoms with Gasteiger partial charge in [-0.15, -0.1) is 0 Å². The van der Waals surface area contributed by atoms with Crippen molar-refractivity contribution in [2.24, 2.45) is 0 Å². The molecule has 0 aliphatic heterocycles. The van der Waals surface area contributed by atoms with Crippen molar-refractivity contribution in [2.45, 2.75) is 17.7 Å². The molecular formula is C18H20F2N2O4S. The Kier molecular flexibility index (Phi) is 6.50. The summed E-state index contributed by atoms with van der Waals surface area (Å²) in [6.45, 7) is 0. The number of halogens is 2. The Morgan fingerprint density at radius 2 is 1.85 bits per heavy atom. The first kappa shape index (κ1) is 20.8. The van der Waals surface area contributed by atoms with E-state index in [9.17, 15) is 22.0 Å². The van der Waals surface area contributed by atoms with Gasteiger partial charge in [-0.1, -0.05) is 0 Å². The Labute approximate surface area is 156 Å². The average molecular weight is 398 g/mol. The van der Waals surface area contributed by atoms with Gasteiger partial charge in [-0.05, 0) is 42.3 Å². The molecule has 0 heterocycles. The molecule has 0 aromatic heterocycles. The van der Waals surface area contributed by atoms with E-state index >= 15 is 0 Å². The molecule has 9 heteroatoms. The molecule has 0 saturated heterocycles. The number of carbonyl (C=O) groups excluding carboxylic acids is 1. The van der Waals surface area contributed by atoms with Gasteiger partial charge >= 0.3 is 0 Å². The van der Waals surface area contributed by atoms with E-state index in [2.05, 4.69) is 5.32 Å². The number of ether oxygens (including phenoxy) is 1. The smallest absolute Gasteiger partial charge is 0.242 e. The van der Waals surface area contributed by atoms with E-state index in [1.165, 1.54) is 39.4 Å². The standard InChI is InChI=1S/C18H20F2N2O4S/c1-22(2)27(24,25)14-6-8-17(26-3)12(10-14)4-9-18(23)21-16-7-5-13(19)11-15(16)20/h5-8,10-11H,4,9H2,1-3H3,(H,21,23). The van der Waals surface area contributed by atoms with Crippen LogP contribution in [0.25, 0.3) is 0 Å². The number of hydrogen-bond donors (Lipinski definition) is 1. The third-order valence-corrected chi connectivity index (χ3v) is 5.67. The summed E-state index contributed by atoms with van der Waals surface area (Å²) in [7, 11) is 0.649. The van der Waals surface area contributed by atoms with Crippen molar-refractivity contribution in [1.82, 2.24) is 4.31 Å². The SMILES string of the molecule is COc1ccc(S(=O)(=O)N(C)C)cc1CCC(=O)Nc1ccc(F)cc1F. The van der Waals surface area contributed by atoms with Crippen LogP contribution in [0, 0.1) is 11.6 Å². The lowest BCUT2D eigenvalue weighted by Gasteiger charge is -2.14. The first-order valence-electron chi connectivity index (χ1n) is 7.99. The van der Waals surface area contributed by atoms with E-state index in [0.717, 1.165) is 16.4 Å². The Hall–Kier alpha value is -2.52. The number of hydrogen-bond acceptors (Lipinski definition) is 4. The molecule has 146 valence electrons. The first-order valence-corrected chi connectivity index (χ1v) is 9.43. The molecule has 0 unspecified atom stereocenters. The van der Waals surface area contributed by atoms with E-state index in [0.29, 0.717) is 17.4 Å². The molecule has 0 saturated carbocycles. The second-order valence-corrected chi connectivity index (χ2v) is 8.09. The Balaban J connectivity index is 2.15. The molecule has 2 aromatic rings. The minimum absolute atomic E-state index is 0.0430. The minimum atomic E-state index is -3.63. The highest BCUT2D eigenvalue weighted by Crippen LogP contribution is 2.25. The van der Waals surface area contributed by atoms with E-state index in [1.807, 2.05) is 0 Å². The summed E-state index contributed by atoms with van der Waals surface area (Å²) in [4.78, 5) is 12.2. The van der Waals surface area contributed by atoms with Crippen LogP contribution in [0.2, 0.25) is 0 Å². The van der Waals surface area contributed by atoms with Crippen molar-refractivity contribution in [1.29, 1.82) is 0 Å². The third kappa shape index (κ3) is 5.01. The molecule has 0 fully saturated rings. The highest BCUT2D eigenvalue weighted by atomic mass is 32.2. The summed E-state index contributed by atoms with van der Waals surface area (Å²) in [5.41, 5.74) is 0.396. The van der Waals surface area contributed by atoms with Gasteiger partial charge in [0.1, 0.15) is 17.4 Å². The molecule has 6 nitrogen and oxygen atoms in total. The lowest BCUT2D eigenvalue weighted by atomic mass is 10.1. The van der Waals surface area contributed by atoms with Crippen LogP contribution < -0.4 is 10.1 Å². The fourth-order valence-electron chi connectivity index (χ4n) is 2.37. The van der Waals surface area contributed by atoms with Gasteiger partial charge in [-0.3, -0.25) is 4.79 Å². The zero-order valence-electron chi connectivity index (χ0n) is 15.1. The summed E-state index contributed by atoms with van der Waals surface area (Å²) in [6, 6.07) is 7.23. The van der Waals surface area contributed by atoms with Crippen molar-refractivity contribution in [2.75, 3.05) is 26.5 Å². The van der Waals surface area contributed by atoms with Gasteiger partial charge < -0.3 is 10.1 Å². The van der Waals surface area contributed by atoms with Crippen molar-refractivity contribution in [3.8, 4) is 5.75 Å². The molecule has 0 spiro atoms. The molecule has 2 rings (SSSR count). The van der Waals surface area contributed by atoms with E-state index in [-0.39, 0.29) is 23.4 Å². The average Bonchev–Trinajstić information content (AvgIpc) is 2.61. The Morgan fingerprint density at radius 1 is 1.15 bits per heavy atom. The second kappa shape index (κ2) is 8.45. The lowest BCUT2D eigenvalue weighted by molar-refractivity contribution is -0.116. The van der Waals surface area contributed by atoms with Crippen LogP contribution in [0.3, 0.4) is 0 Å². The molecule has 1 N–H and O–H groups in total. The Bertz CT molecular complexity index is 946. The van der Waals surface area contributed by atoms with Crippen molar-refractivity contribution < 1.29 is 26.7 Å². The summed E-state index contributed by atoms with van der Waals surface area (Å²) in [6.07, 6.45) is 0.132. The fraction of sp³-hybridized carbons (Fsp3) is 0.278. The van der Waals surface area contributed by atoms with Crippen molar-refractivity contribution in [3.63, 3.8) is 0 Å². The maximum atomic E-state index is 13.6. The largest absolute Gasteiger partial charge is 0.496 e. The predicted molar refractivity (Wildman–Crippen MR) is 97.2 cm³/mol. The van der Waals surface area contributed by atoms with Gasteiger partial charge in [0.05, 0.1) is 17.7 Å². The third-order valence-electron chi connectivity index (χ3n) is 3.86. The Morgan fingerprint density at radius 3 is 2.44 bits per heavy atom. The summed E-state index contributed by atoms with van der Waals surface area (Å²) < 4.78 is 57.3. The molecule has 27 heavy (non-hydrogen) atoms. The lowest BCUT2D eigenvalue weighted by Crippen LogP contribution is -2.22. The number of anilines is 1. The summed E-state index contributed by atoms with van der Waals surface area (Å²) in [5, 5.41) is 2.36. The normalized spacial score (nSPS) is 11.5. The van der Waals surface area contributed by atoms with Crippen LogP contribution in [0.15, 0.2) is 41.3 Å². The molecule has 1 amide bonds. The van der Waals surface area contributed by atoms with Gasteiger partial charge in [0.2, 0.25) is 15.9 Å². The molecule has 0 bridgehead atoms. The topological polar surface area (TPSA) is 75.7 Å². The second-order valence-electron chi connectivity index (χ2n) is 5.93. The number of methoxy groups -OCH3 is 1. The van der Waals surface area contributed by atoms with Crippen LogP contribution in [0.1, 0.15) is 12.0 Å². The monoisotopic (exact) mass is 398 g/mol. The highest BCUT2D eigenvalue weighted by Gasteiger charge is 2.19. The number of rotatable bonds is 7. The van der Waals surface area contributed by atoms with E-state index in [1.54, 1.807) is 0 Å². The van der Waals surface area contributed by atoms with Gasteiger partial charge in [0, 0.05) is 26.6 Å². The highest BCUT2D eigenvalue weighted by molar-refractivity contribution is 7.89. The first-order chi connectivity index (χ1) is 12.6. The van der Waals surface area contributed by atoms with Gasteiger partial charge in [0.25, 0.3) is 0 Å². The number of amides is 1. The minimum Gasteiger partial charge on any atom is -0.496 e. The fourth-order valence-corrected chi connectivity index (χ4v) is 3.33. The maximum Gasteiger partial charge on any atom is 0.242 e. The van der Waals surface area contributed by atoms with Crippen LogP contribution in [0.4, 0.5) is 14.5 Å². The number of benzene rings is 2. The molecule has 0 radical (unpaired) electrons. The summed E-state index contributed by atoms with van der Waals surface area (Å²) in [5.74, 6) is -1.67. The molecule has 2 aromatic carbocycles. The maximum absolute atomic E-state index is 13.6. The van der Waals surface area contributed by atoms with Crippen LogP contribution in [-0.2, 0) is 21.2 Å². The van der Waals surface area contributed by atoms with Crippen LogP contribution >= 0.6 is 0 Å². The molecule has 0 aliphatic carbocycles.